The van der Waals surface area contributed by atoms with Crippen molar-refractivity contribution >= 4 is 5.78 Å². The Hall–Kier alpha value is -2.62. The Labute approximate surface area is 217 Å². The Bertz CT molecular complexity index is 1010. The standard InChI is InChI=1S/C24H27N2.C5H8O2.Ir/c1-23(2,3)20-11-7-17(8-12-20)19-15-25-22(26-16-19)18-9-13-21(14-10-18)24(4,5)6;1-4(6)3-5(2)7;/h7-9,11-16H,1-6H3;3,6H,1-2H3;/q-1;;. The van der Waals surface area contributed by atoms with Gasteiger partial charge in [-0.1, -0.05) is 65.8 Å². The van der Waals surface area contributed by atoms with Crippen molar-refractivity contribution in [3.8, 4) is 22.5 Å². The molecule has 5 heteroatoms. The maximum Gasteiger partial charge on any atom is 0.155 e. The van der Waals surface area contributed by atoms with Crippen LogP contribution >= 0.6 is 0 Å². The summed E-state index contributed by atoms with van der Waals surface area (Å²) in [5, 5.41) is 8.36. The van der Waals surface area contributed by atoms with Crippen LogP contribution in [0.1, 0.15) is 66.5 Å². The molecule has 4 nitrogen and oxygen atoms in total. The fraction of sp³-hybridized carbons (Fsp3) is 0.345. The summed E-state index contributed by atoms with van der Waals surface area (Å²) in [5.41, 5.74) is 5.96. The van der Waals surface area contributed by atoms with Crippen molar-refractivity contribution in [1.82, 2.24) is 9.97 Å². The maximum absolute atomic E-state index is 10.0. The van der Waals surface area contributed by atoms with Gasteiger partial charge < -0.3 is 5.11 Å². The topological polar surface area (TPSA) is 63.1 Å². The van der Waals surface area contributed by atoms with Crippen molar-refractivity contribution in [2.45, 2.75) is 66.2 Å². The van der Waals surface area contributed by atoms with Gasteiger partial charge in [0.05, 0.1) is 11.6 Å². The minimum atomic E-state index is -0.125. The first-order chi connectivity index (χ1) is 15.3. The van der Waals surface area contributed by atoms with Crippen LogP contribution in [-0.4, -0.2) is 20.9 Å². The Morgan fingerprint density at radius 1 is 0.824 bits per heavy atom. The van der Waals surface area contributed by atoms with Crippen LogP contribution in [0.4, 0.5) is 0 Å². The minimum Gasteiger partial charge on any atom is -0.512 e. The van der Waals surface area contributed by atoms with Crippen LogP contribution in [0.25, 0.3) is 22.5 Å². The van der Waals surface area contributed by atoms with E-state index in [1.807, 2.05) is 24.5 Å². The van der Waals surface area contributed by atoms with E-state index in [4.69, 9.17) is 5.11 Å². The summed E-state index contributed by atoms with van der Waals surface area (Å²) in [6.45, 7) is 16.1. The summed E-state index contributed by atoms with van der Waals surface area (Å²) in [6, 6.07) is 18.2. The zero-order chi connectivity index (χ0) is 24.8. The average molecular weight is 636 g/mol. The van der Waals surface area contributed by atoms with Crippen LogP contribution < -0.4 is 0 Å². The number of aliphatic hydroxyl groups is 1. The molecular weight excluding hydrogens is 601 g/mol. The first-order valence-corrected chi connectivity index (χ1v) is 11.1. The number of carbonyl (C=O) groups is 1. The normalized spacial score (nSPS) is 11.7. The smallest absolute Gasteiger partial charge is 0.155 e. The van der Waals surface area contributed by atoms with E-state index in [9.17, 15) is 4.79 Å². The quantitative estimate of drug-likeness (QED) is 0.187. The van der Waals surface area contributed by atoms with Crippen molar-refractivity contribution in [3.05, 3.63) is 83.9 Å². The molecule has 1 heterocycles. The second-order valence-electron chi connectivity index (χ2n) is 10.3. The molecule has 183 valence electrons. The van der Waals surface area contributed by atoms with Crippen LogP contribution in [0.3, 0.4) is 0 Å². The van der Waals surface area contributed by atoms with Gasteiger partial charge in [-0.15, -0.1) is 35.4 Å². The fourth-order valence-corrected chi connectivity index (χ4v) is 3.10. The van der Waals surface area contributed by atoms with Gasteiger partial charge >= 0.3 is 0 Å². The van der Waals surface area contributed by atoms with Crippen LogP contribution in [0.15, 0.2) is 66.7 Å². The van der Waals surface area contributed by atoms with E-state index in [-0.39, 0.29) is 42.5 Å². The molecule has 0 amide bonds. The van der Waals surface area contributed by atoms with E-state index in [1.54, 1.807) is 0 Å². The summed E-state index contributed by atoms with van der Waals surface area (Å²) < 4.78 is 0. The molecule has 0 saturated carbocycles. The van der Waals surface area contributed by atoms with Gasteiger partial charge in [-0.2, -0.15) is 0 Å². The van der Waals surface area contributed by atoms with E-state index in [2.05, 4.69) is 87.9 Å². The summed E-state index contributed by atoms with van der Waals surface area (Å²) in [4.78, 5) is 19.1. The van der Waals surface area contributed by atoms with E-state index in [1.165, 1.54) is 31.1 Å². The van der Waals surface area contributed by atoms with E-state index in [0.717, 1.165) is 16.7 Å². The average Bonchev–Trinajstić information content (AvgIpc) is 2.72. The van der Waals surface area contributed by atoms with Crippen LogP contribution in [0.5, 0.6) is 0 Å². The largest absolute Gasteiger partial charge is 0.512 e. The summed E-state index contributed by atoms with van der Waals surface area (Å²) in [6.07, 6.45) is 4.94. The van der Waals surface area contributed by atoms with Crippen LogP contribution in [0, 0.1) is 6.07 Å². The predicted octanol–water partition coefficient (Wildman–Crippen LogP) is 7.24. The third-order valence-corrected chi connectivity index (χ3v) is 5.07. The van der Waals surface area contributed by atoms with Gasteiger partial charge in [0.25, 0.3) is 0 Å². The van der Waals surface area contributed by atoms with Gasteiger partial charge in [-0.3, -0.25) is 14.8 Å². The van der Waals surface area contributed by atoms with Crippen LogP contribution in [-0.2, 0) is 35.7 Å². The molecule has 0 aliphatic heterocycles. The Morgan fingerprint density at radius 2 is 1.32 bits per heavy atom. The first-order valence-electron chi connectivity index (χ1n) is 11.1. The van der Waals surface area contributed by atoms with Crippen molar-refractivity contribution in [2.75, 3.05) is 0 Å². The number of aromatic nitrogens is 2. The van der Waals surface area contributed by atoms with Gasteiger partial charge in [-0.25, -0.2) is 0 Å². The Morgan fingerprint density at radius 3 is 1.68 bits per heavy atom. The zero-order valence-corrected chi connectivity index (χ0v) is 23.8. The predicted molar refractivity (Wildman–Crippen MR) is 136 cm³/mol. The van der Waals surface area contributed by atoms with Crippen LogP contribution in [0.2, 0.25) is 0 Å². The molecule has 0 unspecified atom stereocenters. The number of hydrogen-bond donors (Lipinski definition) is 1. The van der Waals surface area contributed by atoms with Gasteiger partial charge in [0.1, 0.15) is 0 Å². The minimum absolute atomic E-state index is 0. The molecule has 0 spiro atoms. The molecule has 0 atom stereocenters. The maximum atomic E-state index is 10.0. The van der Waals surface area contributed by atoms with E-state index < -0.39 is 0 Å². The molecule has 1 radical (unpaired) electrons. The molecule has 0 aliphatic carbocycles. The van der Waals surface area contributed by atoms with Gasteiger partial charge in [-0.05, 0) is 35.8 Å². The molecule has 1 N–H and O–H groups in total. The summed E-state index contributed by atoms with van der Waals surface area (Å²) in [7, 11) is 0. The third-order valence-electron chi connectivity index (χ3n) is 5.07. The van der Waals surface area contributed by atoms with Gasteiger partial charge in [0.15, 0.2) is 5.78 Å². The molecule has 1 aromatic heterocycles. The van der Waals surface area contributed by atoms with E-state index in [0.29, 0.717) is 5.82 Å². The Balaban J connectivity index is 0.000000633. The zero-order valence-electron chi connectivity index (χ0n) is 21.4. The van der Waals surface area contributed by atoms with Crippen molar-refractivity contribution < 1.29 is 30.0 Å². The fourth-order valence-electron chi connectivity index (χ4n) is 3.10. The Kier molecular flexibility index (Phi) is 10.5. The number of rotatable bonds is 3. The number of ketones is 1. The number of carbonyl (C=O) groups excluding carboxylic acids is 1. The second kappa shape index (κ2) is 12.2. The summed E-state index contributed by atoms with van der Waals surface area (Å²) in [5.74, 6) is 0.646. The molecular formula is C29H35IrN2O2-. The summed E-state index contributed by atoms with van der Waals surface area (Å²) >= 11 is 0. The molecule has 0 saturated heterocycles. The SMILES string of the molecule is CC(=O)C=C(C)O.CC(C)(C)c1c[c-]c(-c2ncc(-c3ccc(C(C)(C)C)cc3)cn2)cc1.[Ir]. The molecule has 34 heavy (non-hydrogen) atoms. The molecule has 0 bridgehead atoms. The number of allylic oxidation sites excluding steroid dienone is 2. The van der Waals surface area contributed by atoms with Gasteiger partial charge in [0, 0.05) is 44.1 Å². The number of aliphatic hydroxyl groups excluding tert-OH is 1. The van der Waals surface area contributed by atoms with Crippen molar-refractivity contribution in [2.24, 2.45) is 0 Å². The molecule has 2 aromatic carbocycles. The monoisotopic (exact) mass is 636 g/mol. The first kappa shape index (κ1) is 29.4. The number of nitrogens with zero attached hydrogens (tertiary/aromatic N) is 2. The number of hydrogen-bond acceptors (Lipinski definition) is 4. The van der Waals surface area contributed by atoms with Gasteiger partial charge in [0.2, 0.25) is 0 Å². The third kappa shape index (κ3) is 8.96. The van der Waals surface area contributed by atoms with Crippen molar-refractivity contribution in [1.29, 1.82) is 0 Å². The molecule has 3 rings (SSSR count). The number of benzene rings is 2. The molecule has 0 aliphatic rings. The molecule has 0 fully saturated rings. The second-order valence-corrected chi connectivity index (χ2v) is 10.3. The van der Waals surface area contributed by atoms with Crippen molar-refractivity contribution in [3.63, 3.8) is 0 Å². The molecule has 3 aromatic rings. The van der Waals surface area contributed by atoms with E-state index >= 15 is 0 Å².